The Morgan fingerprint density at radius 1 is 0.760 bits per heavy atom. The van der Waals surface area contributed by atoms with Crippen LogP contribution in [0.5, 0.6) is 0 Å². The Bertz CT molecular complexity index is 969. The van der Waals surface area contributed by atoms with Crippen LogP contribution < -0.4 is 10.2 Å². The number of carbonyl (C=O) groups is 3. The highest BCUT2D eigenvalue weighted by atomic mass is 16.4. The lowest BCUT2D eigenvalue weighted by atomic mass is 9.97. The van der Waals surface area contributed by atoms with Crippen molar-refractivity contribution < 1.29 is 29.0 Å². The minimum absolute atomic E-state index is 0.00573. The lowest BCUT2D eigenvalue weighted by Gasteiger charge is -2.11. The fourth-order valence-corrected chi connectivity index (χ4v) is 2.53. The van der Waals surface area contributed by atoms with Crippen molar-refractivity contribution in [2.45, 2.75) is 0 Å². The third kappa shape index (κ3) is 2.92. The van der Waals surface area contributed by atoms with E-state index in [0.717, 1.165) is 6.26 Å². The minimum atomic E-state index is -1.64. The number of hydrogen-bond donors (Lipinski definition) is 0. The van der Waals surface area contributed by atoms with Crippen molar-refractivity contribution in [2.75, 3.05) is 0 Å². The summed E-state index contributed by atoms with van der Waals surface area (Å²) in [5.41, 5.74) is -0.700. The van der Waals surface area contributed by atoms with Crippen molar-refractivity contribution in [3.05, 3.63) is 83.1 Å². The van der Waals surface area contributed by atoms with Gasteiger partial charge in [0, 0.05) is 16.7 Å². The Morgan fingerprint density at radius 3 is 2.04 bits per heavy atom. The number of rotatable bonds is 5. The first-order valence-electron chi connectivity index (χ1n) is 7.24. The Labute approximate surface area is 142 Å². The van der Waals surface area contributed by atoms with E-state index in [-0.39, 0.29) is 28.0 Å². The van der Waals surface area contributed by atoms with Gasteiger partial charge in [0.2, 0.25) is 0 Å². The summed E-state index contributed by atoms with van der Waals surface area (Å²) in [6.07, 6.45) is 0.988. The van der Waals surface area contributed by atoms with Crippen LogP contribution in [0.2, 0.25) is 0 Å². The van der Waals surface area contributed by atoms with E-state index in [9.17, 15) is 24.6 Å². The molecule has 0 aliphatic carbocycles. The molecular weight excluding hydrogens is 324 g/mol. The summed E-state index contributed by atoms with van der Waals surface area (Å²) in [6, 6.07) is 13.7. The van der Waals surface area contributed by atoms with Gasteiger partial charge in [-0.1, -0.05) is 54.6 Å². The van der Waals surface area contributed by atoms with Crippen LogP contribution in [0.25, 0.3) is 11.3 Å². The van der Waals surface area contributed by atoms with Gasteiger partial charge in [-0.3, -0.25) is 4.79 Å². The number of carboxylic acid groups (broad SMARTS) is 2. The molecule has 0 unspecified atom stereocenters. The van der Waals surface area contributed by atoms with Crippen molar-refractivity contribution in [3.63, 3.8) is 0 Å². The Kier molecular flexibility index (Phi) is 4.18. The average molecular weight is 334 g/mol. The molecule has 0 N–H and O–H groups in total. The van der Waals surface area contributed by atoms with Gasteiger partial charge in [0.1, 0.15) is 12.0 Å². The number of benzene rings is 2. The molecule has 0 fully saturated rings. The van der Waals surface area contributed by atoms with E-state index >= 15 is 0 Å². The maximum absolute atomic E-state index is 12.6. The molecule has 6 heteroatoms. The zero-order chi connectivity index (χ0) is 18.0. The van der Waals surface area contributed by atoms with Crippen molar-refractivity contribution in [1.82, 2.24) is 0 Å². The molecule has 0 aliphatic rings. The fraction of sp³-hybridized carbons (Fsp3) is 0. The lowest BCUT2D eigenvalue weighted by molar-refractivity contribution is -0.256. The lowest BCUT2D eigenvalue weighted by Crippen LogP contribution is -2.26. The minimum Gasteiger partial charge on any atom is -0.545 e. The normalized spacial score (nSPS) is 10.4. The Balaban J connectivity index is 2.19. The first-order valence-corrected chi connectivity index (χ1v) is 7.24. The number of ketones is 1. The van der Waals surface area contributed by atoms with Crippen LogP contribution in [0.3, 0.4) is 0 Å². The zero-order valence-corrected chi connectivity index (χ0v) is 12.7. The van der Waals surface area contributed by atoms with Gasteiger partial charge in [0.15, 0.2) is 5.78 Å². The molecule has 3 rings (SSSR count). The first-order chi connectivity index (χ1) is 12.0. The zero-order valence-electron chi connectivity index (χ0n) is 12.7. The highest BCUT2D eigenvalue weighted by Crippen LogP contribution is 2.31. The molecule has 0 aliphatic heterocycles. The number of carbonyl (C=O) groups excluding carboxylic acids is 3. The second kappa shape index (κ2) is 6.45. The van der Waals surface area contributed by atoms with Gasteiger partial charge in [-0.25, -0.2) is 0 Å². The predicted molar refractivity (Wildman–Crippen MR) is 82.7 cm³/mol. The summed E-state index contributed by atoms with van der Waals surface area (Å²) in [6.45, 7) is 0. The van der Waals surface area contributed by atoms with Crippen LogP contribution in [-0.4, -0.2) is 17.7 Å². The molecule has 6 nitrogen and oxygen atoms in total. The van der Waals surface area contributed by atoms with Crippen LogP contribution in [-0.2, 0) is 0 Å². The molecule has 0 amide bonds. The van der Waals surface area contributed by atoms with E-state index in [1.807, 2.05) is 0 Å². The highest BCUT2D eigenvalue weighted by molar-refractivity contribution is 6.16. The number of furan rings is 1. The van der Waals surface area contributed by atoms with Crippen molar-refractivity contribution in [3.8, 4) is 11.3 Å². The van der Waals surface area contributed by atoms with E-state index in [1.165, 1.54) is 36.4 Å². The van der Waals surface area contributed by atoms with Crippen LogP contribution in [0.1, 0.15) is 36.6 Å². The second-order valence-corrected chi connectivity index (χ2v) is 5.17. The second-order valence-electron chi connectivity index (χ2n) is 5.17. The topological polar surface area (TPSA) is 110 Å². The molecule has 0 saturated carbocycles. The summed E-state index contributed by atoms with van der Waals surface area (Å²) in [5.74, 6) is -3.97. The van der Waals surface area contributed by atoms with Crippen molar-refractivity contribution >= 4 is 17.7 Å². The van der Waals surface area contributed by atoms with E-state index in [2.05, 4.69) is 0 Å². The number of hydrogen-bond acceptors (Lipinski definition) is 6. The molecule has 0 atom stereocenters. The summed E-state index contributed by atoms with van der Waals surface area (Å²) >= 11 is 0. The van der Waals surface area contributed by atoms with Gasteiger partial charge in [0.25, 0.3) is 0 Å². The third-order valence-electron chi connectivity index (χ3n) is 3.67. The molecule has 2 aromatic carbocycles. The molecular formula is C19H10O6-2. The van der Waals surface area contributed by atoms with Crippen LogP contribution in [0, 0.1) is 0 Å². The van der Waals surface area contributed by atoms with E-state index in [1.54, 1.807) is 18.2 Å². The quantitative estimate of drug-likeness (QED) is 0.641. The monoisotopic (exact) mass is 334 g/mol. The number of carboxylic acids is 2. The van der Waals surface area contributed by atoms with Gasteiger partial charge >= 0.3 is 0 Å². The third-order valence-corrected chi connectivity index (χ3v) is 3.67. The Hall–Kier alpha value is -3.67. The molecule has 0 spiro atoms. The van der Waals surface area contributed by atoms with Crippen LogP contribution in [0.15, 0.2) is 65.3 Å². The highest BCUT2D eigenvalue weighted by Gasteiger charge is 2.23. The molecule has 124 valence electrons. The van der Waals surface area contributed by atoms with Gasteiger partial charge in [0.05, 0.1) is 23.1 Å². The van der Waals surface area contributed by atoms with E-state index in [4.69, 9.17) is 4.42 Å². The summed E-state index contributed by atoms with van der Waals surface area (Å²) in [7, 11) is 0. The maximum Gasteiger partial charge on any atom is 0.196 e. The maximum atomic E-state index is 12.6. The standard InChI is InChI=1S/C19H12O6/c20-16(11-6-2-1-3-7-11)14-10-25-17(15(14)19(23)24)12-8-4-5-9-13(12)18(21)22/h1-10H,(H,21,22)(H,23,24)/p-2. The van der Waals surface area contributed by atoms with Crippen LogP contribution >= 0.6 is 0 Å². The van der Waals surface area contributed by atoms with Gasteiger partial charge in [-0.2, -0.15) is 0 Å². The summed E-state index contributed by atoms with van der Waals surface area (Å²) in [5, 5.41) is 22.9. The first kappa shape index (κ1) is 16.2. The molecule has 0 bridgehead atoms. The molecule has 25 heavy (non-hydrogen) atoms. The SMILES string of the molecule is O=C([O-])c1ccccc1-c1occ(C(=O)c2ccccc2)c1C(=O)[O-]. The van der Waals surface area contributed by atoms with Gasteiger partial charge < -0.3 is 24.2 Å². The molecule has 3 aromatic rings. The van der Waals surface area contributed by atoms with Gasteiger partial charge in [-0.15, -0.1) is 0 Å². The predicted octanol–water partition coefficient (Wildman–Crippen LogP) is 0.905. The van der Waals surface area contributed by atoms with Crippen molar-refractivity contribution in [1.29, 1.82) is 0 Å². The van der Waals surface area contributed by atoms with Crippen molar-refractivity contribution in [2.24, 2.45) is 0 Å². The summed E-state index contributed by atoms with van der Waals surface area (Å²) < 4.78 is 5.24. The molecule has 0 saturated heterocycles. The van der Waals surface area contributed by atoms with E-state index < -0.39 is 23.3 Å². The molecule has 0 radical (unpaired) electrons. The average Bonchev–Trinajstić information content (AvgIpc) is 3.07. The molecule has 1 heterocycles. The van der Waals surface area contributed by atoms with Gasteiger partial charge in [-0.05, 0) is 0 Å². The Morgan fingerprint density at radius 2 is 1.40 bits per heavy atom. The molecule has 1 aromatic heterocycles. The summed E-state index contributed by atoms with van der Waals surface area (Å²) in [4.78, 5) is 35.4. The fourth-order valence-electron chi connectivity index (χ4n) is 2.53. The number of aromatic carboxylic acids is 2. The smallest absolute Gasteiger partial charge is 0.196 e. The van der Waals surface area contributed by atoms with Crippen LogP contribution in [0.4, 0.5) is 0 Å². The van der Waals surface area contributed by atoms with E-state index in [0.29, 0.717) is 0 Å². The largest absolute Gasteiger partial charge is 0.545 e.